The van der Waals surface area contributed by atoms with Crippen molar-refractivity contribution < 1.29 is 4.74 Å². The van der Waals surface area contributed by atoms with Crippen molar-refractivity contribution in [3.8, 4) is 0 Å². The van der Waals surface area contributed by atoms with Gasteiger partial charge in [-0.3, -0.25) is 0 Å². The fraction of sp³-hybridized carbons (Fsp3) is 0.786. The molecule has 0 aromatic carbocycles. The predicted octanol–water partition coefficient (Wildman–Crippen LogP) is 2.09. The van der Waals surface area contributed by atoms with Gasteiger partial charge in [0.25, 0.3) is 0 Å². The first-order valence-corrected chi connectivity index (χ1v) is 7.03. The Hall–Kier alpha value is -0.870. The highest BCUT2D eigenvalue weighted by atomic mass is 16.5. The SMILES string of the molecule is CC1(C)CCC(Cn2cnc(CNC3CC3)c2)O1. The van der Waals surface area contributed by atoms with Gasteiger partial charge in [0.1, 0.15) is 0 Å². The molecule has 1 atom stereocenters. The molecule has 1 saturated heterocycles. The molecule has 0 amide bonds. The first-order chi connectivity index (χ1) is 8.61. The lowest BCUT2D eigenvalue weighted by Gasteiger charge is -2.19. The van der Waals surface area contributed by atoms with Crippen LogP contribution in [0.25, 0.3) is 0 Å². The summed E-state index contributed by atoms with van der Waals surface area (Å²) in [4.78, 5) is 4.44. The second-order valence-electron chi connectivity index (χ2n) is 6.26. The Morgan fingerprint density at radius 2 is 2.28 bits per heavy atom. The van der Waals surface area contributed by atoms with Crippen molar-refractivity contribution in [2.45, 2.75) is 70.4 Å². The lowest BCUT2D eigenvalue weighted by molar-refractivity contribution is -0.0217. The van der Waals surface area contributed by atoms with E-state index < -0.39 is 0 Å². The average molecular weight is 249 g/mol. The largest absolute Gasteiger partial charge is 0.370 e. The number of hydrogen-bond acceptors (Lipinski definition) is 3. The average Bonchev–Trinajstić information content (AvgIpc) is 2.94. The van der Waals surface area contributed by atoms with Crippen molar-refractivity contribution in [2.24, 2.45) is 0 Å². The van der Waals surface area contributed by atoms with E-state index in [-0.39, 0.29) is 5.60 Å². The van der Waals surface area contributed by atoms with Crippen LogP contribution in [0.15, 0.2) is 12.5 Å². The summed E-state index contributed by atoms with van der Waals surface area (Å²) in [6.07, 6.45) is 9.38. The molecule has 1 aromatic heterocycles. The van der Waals surface area contributed by atoms with Crippen molar-refractivity contribution in [3.05, 3.63) is 18.2 Å². The van der Waals surface area contributed by atoms with Gasteiger partial charge in [-0.15, -0.1) is 0 Å². The van der Waals surface area contributed by atoms with Crippen LogP contribution in [0, 0.1) is 0 Å². The Bertz CT molecular complexity index is 409. The zero-order chi connectivity index (χ0) is 12.6. The zero-order valence-electron chi connectivity index (χ0n) is 11.4. The predicted molar refractivity (Wildman–Crippen MR) is 70.3 cm³/mol. The van der Waals surface area contributed by atoms with Crippen LogP contribution in [0.1, 0.15) is 45.2 Å². The van der Waals surface area contributed by atoms with Gasteiger partial charge in [-0.1, -0.05) is 0 Å². The van der Waals surface area contributed by atoms with Gasteiger partial charge in [-0.05, 0) is 39.5 Å². The van der Waals surface area contributed by atoms with Crippen molar-refractivity contribution in [3.63, 3.8) is 0 Å². The zero-order valence-corrected chi connectivity index (χ0v) is 11.4. The van der Waals surface area contributed by atoms with Crippen molar-refractivity contribution in [2.75, 3.05) is 0 Å². The van der Waals surface area contributed by atoms with E-state index in [0.29, 0.717) is 6.10 Å². The van der Waals surface area contributed by atoms with E-state index in [0.717, 1.165) is 37.7 Å². The summed E-state index contributed by atoms with van der Waals surface area (Å²) in [5, 5.41) is 3.49. The number of ether oxygens (including phenoxy) is 1. The highest BCUT2D eigenvalue weighted by molar-refractivity contribution is 4.98. The fourth-order valence-corrected chi connectivity index (χ4v) is 2.58. The van der Waals surface area contributed by atoms with Gasteiger partial charge < -0.3 is 14.6 Å². The molecule has 1 saturated carbocycles. The molecule has 100 valence electrons. The molecule has 0 bridgehead atoms. The van der Waals surface area contributed by atoms with E-state index in [1.807, 2.05) is 6.33 Å². The number of rotatable bonds is 5. The summed E-state index contributed by atoms with van der Waals surface area (Å²) in [5.74, 6) is 0. The van der Waals surface area contributed by atoms with E-state index in [9.17, 15) is 0 Å². The molecule has 1 aliphatic heterocycles. The normalized spacial score (nSPS) is 26.7. The second kappa shape index (κ2) is 4.67. The number of hydrogen-bond donors (Lipinski definition) is 1. The van der Waals surface area contributed by atoms with Crippen LogP contribution in [0.5, 0.6) is 0 Å². The smallest absolute Gasteiger partial charge is 0.0950 e. The molecule has 18 heavy (non-hydrogen) atoms. The van der Waals surface area contributed by atoms with Crippen LogP contribution in [-0.2, 0) is 17.8 Å². The number of nitrogens with one attached hydrogen (secondary N) is 1. The van der Waals surface area contributed by atoms with Gasteiger partial charge in [0.15, 0.2) is 0 Å². The Balaban J connectivity index is 1.50. The quantitative estimate of drug-likeness (QED) is 0.868. The highest BCUT2D eigenvalue weighted by Crippen LogP contribution is 2.30. The van der Waals surface area contributed by atoms with Gasteiger partial charge in [-0.2, -0.15) is 0 Å². The molecule has 4 heteroatoms. The molecule has 0 radical (unpaired) electrons. The summed E-state index contributed by atoms with van der Waals surface area (Å²) in [6.45, 7) is 6.17. The van der Waals surface area contributed by atoms with Gasteiger partial charge in [0.2, 0.25) is 0 Å². The molecular weight excluding hydrogens is 226 g/mol. The van der Waals surface area contributed by atoms with Crippen molar-refractivity contribution in [1.29, 1.82) is 0 Å². The van der Waals surface area contributed by atoms with Gasteiger partial charge in [0.05, 0.1) is 23.7 Å². The topological polar surface area (TPSA) is 39.1 Å². The third kappa shape index (κ3) is 3.12. The fourth-order valence-electron chi connectivity index (χ4n) is 2.58. The Morgan fingerprint density at radius 3 is 2.94 bits per heavy atom. The van der Waals surface area contributed by atoms with E-state index in [1.165, 1.54) is 12.8 Å². The summed E-state index contributed by atoms with van der Waals surface area (Å²) < 4.78 is 8.17. The van der Waals surface area contributed by atoms with E-state index in [2.05, 4.69) is 34.9 Å². The standard InChI is InChI=1S/C14H23N3O/c1-14(2)6-5-13(18-14)9-17-8-12(16-10-17)7-15-11-3-4-11/h8,10-11,13,15H,3-7,9H2,1-2H3. The minimum absolute atomic E-state index is 0.0571. The maximum absolute atomic E-state index is 6.01. The summed E-state index contributed by atoms with van der Waals surface area (Å²) >= 11 is 0. The molecule has 1 N–H and O–H groups in total. The Morgan fingerprint density at radius 1 is 1.44 bits per heavy atom. The van der Waals surface area contributed by atoms with E-state index in [1.54, 1.807) is 0 Å². The van der Waals surface area contributed by atoms with Crippen LogP contribution >= 0.6 is 0 Å². The number of aromatic nitrogens is 2. The maximum atomic E-state index is 6.01. The molecular formula is C14H23N3O. The third-order valence-corrected chi connectivity index (χ3v) is 3.80. The van der Waals surface area contributed by atoms with Crippen LogP contribution < -0.4 is 5.32 Å². The molecule has 2 heterocycles. The maximum Gasteiger partial charge on any atom is 0.0950 e. The van der Waals surface area contributed by atoms with Gasteiger partial charge in [0, 0.05) is 25.3 Å². The van der Waals surface area contributed by atoms with Crippen LogP contribution in [0.2, 0.25) is 0 Å². The van der Waals surface area contributed by atoms with Crippen LogP contribution in [0.4, 0.5) is 0 Å². The monoisotopic (exact) mass is 249 g/mol. The second-order valence-corrected chi connectivity index (χ2v) is 6.26. The lowest BCUT2D eigenvalue weighted by Crippen LogP contribution is -2.22. The van der Waals surface area contributed by atoms with E-state index >= 15 is 0 Å². The molecule has 1 aliphatic carbocycles. The Kier molecular flexibility index (Phi) is 3.16. The van der Waals surface area contributed by atoms with Crippen molar-refractivity contribution in [1.82, 2.24) is 14.9 Å². The summed E-state index contributed by atoms with van der Waals surface area (Å²) in [5.41, 5.74) is 1.20. The van der Waals surface area contributed by atoms with Crippen molar-refractivity contribution >= 4 is 0 Å². The van der Waals surface area contributed by atoms with Crippen LogP contribution in [-0.4, -0.2) is 27.3 Å². The van der Waals surface area contributed by atoms with Crippen LogP contribution in [0.3, 0.4) is 0 Å². The molecule has 2 fully saturated rings. The Labute approximate surface area is 109 Å². The minimum atomic E-state index is 0.0571. The molecule has 4 nitrogen and oxygen atoms in total. The molecule has 3 rings (SSSR count). The molecule has 0 spiro atoms. The molecule has 1 unspecified atom stereocenters. The summed E-state index contributed by atoms with van der Waals surface area (Å²) in [7, 11) is 0. The first kappa shape index (κ1) is 12.2. The number of nitrogens with zero attached hydrogens (tertiary/aromatic N) is 2. The highest BCUT2D eigenvalue weighted by Gasteiger charge is 2.31. The first-order valence-electron chi connectivity index (χ1n) is 7.03. The molecule has 2 aliphatic rings. The van der Waals surface area contributed by atoms with E-state index in [4.69, 9.17) is 4.74 Å². The van der Waals surface area contributed by atoms with Gasteiger partial charge in [-0.25, -0.2) is 4.98 Å². The molecule has 1 aromatic rings. The minimum Gasteiger partial charge on any atom is -0.370 e. The third-order valence-electron chi connectivity index (χ3n) is 3.80. The summed E-state index contributed by atoms with van der Waals surface area (Å²) in [6, 6.07) is 0.745. The number of imidazole rings is 1. The van der Waals surface area contributed by atoms with Gasteiger partial charge >= 0.3 is 0 Å². The lowest BCUT2D eigenvalue weighted by atomic mass is 10.1.